The molecule has 8 heteroatoms. The van der Waals surface area contributed by atoms with Crippen LogP contribution < -0.4 is 9.46 Å². The van der Waals surface area contributed by atoms with Crippen LogP contribution in [0.1, 0.15) is 43.3 Å². The number of nitrogens with one attached hydrogen (secondary N) is 1. The van der Waals surface area contributed by atoms with E-state index in [9.17, 15) is 8.42 Å². The summed E-state index contributed by atoms with van der Waals surface area (Å²) >= 11 is 0. The number of benzene rings is 1. The first-order chi connectivity index (χ1) is 11.6. The van der Waals surface area contributed by atoms with Crippen molar-refractivity contribution in [1.29, 1.82) is 0 Å². The van der Waals surface area contributed by atoms with Gasteiger partial charge < -0.3 is 9.26 Å². The van der Waals surface area contributed by atoms with Crippen LogP contribution in [0.2, 0.25) is 0 Å². The Labute approximate surface area is 140 Å². The minimum absolute atomic E-state index is 0.197. The van der Waals surface area contributed by atoms with Crippen LogP contribution >= 0.6 is 0 Å². The van der Waals surface area contributed by atoms with Crippen LogP contribution in [0.3, 0.4) is 0 Å². The molecule has 2 aliphatic rings. The zero-order chi connectivity index (χ0) is 16.6. The summed E-state index contributed by atoms with van der Waals surface area (Å²) in [5.41, 5.74) is 0. The molecular formula is C16H19N3O4S. The molecule has 0 amide bonds. The third kappa shape index (κ3) is 3.76. The summed E-state index contributed by atoms with van der Waals surface area (Å²) in [6.07, 6.45) is 4.42. The molecule has 7 nitrogen and oxygen atoms in total. The Morgan fingerprint density at radius 1 is 1.17 bits per heavy atom. The van der Waals surface area contributed by atoms with Crippen molar-refractivity contribution < 1.29 is 17.7 Å². The summed E-state index contributed by atoms with van der Waals surface area (Å²) in [7, 11) is -3.44. The van der Waals surface area contributed by atoms with E-state index in [0.717, 1.165) is 25.7 Å². The van der Waals surface area contributed by atoms with Gasteiger partial charge in [-0.3, -0.25) is 0 Å². The molecule has 2 aliphatic carbocycles. The molecule has 0 spiro atoms. The van der Waals surface area contributed by atoms with Crippen LogP contribution in [0.25, 0.3) is 0 Å². The second-order valence-corrected chi connectivity index (χ2v) is 8.15. The number of hydrogen-bond acceptors (Lipinski definition) is 6. The number of nitrogens with zero attached hydrogens (tertiary/aromatic N) is 2. The Morgan fingerprint density at radius 3 is 2.58 bits per heavy atom. The lowest BCUT2D eigenvalue weighted by molar-refractivity contribution is 0.285. The van der Waals surface area contributed by atoms with Crippen molar-refractivity contribution in [3.8, 4) is 5.75 Å². The maximum absolute atomic E-state index is 12.1. The molecule has 2 saturated carbocycles. The lowest BCUT2D eigenvalue weighted by Gasteiger charge is -2.07. The lowest BCUT2D eigenvalue weighted by Crippen LogP contribution is -2.25. The molecule has 1 heterocycles. The topological polar surface area (TPSA) is 94.3 Å². The SMILES string of the molecule is O=S(=O)(NCC1CC1)c1ccc(OCc2noc(C3CC3)n2)cc1. The second kappa shape index (κ2) is 6.18. The van der Waals surface area contributed by atoms with E-state index in [4.69, 9.17) is 9.26 Å². The van der Waals surface area contributed by atoms with Gasteiger partial charge >= 0.3 is 0 Å². The molecule has 0 atom stereocenters. The molecule has 0 bridgehead atoms. The van der Waals surface area contributed by atoms with Crippen LogP contribution in [0.15, 0.2) is 33.7 Å². The van der Waals surface area contributed by atoms with Crippen LogP contribution in [-0.2, 0) is 16.6 Å². The summed E-state index contributed by atoms with van der Waals surface area (Å²) in [5.74, 6) is 2.65. The minimum atomic E-state index is -3.44. The number of aromatic nitrogens is 2. The number of sulfonamides is 1. The van der Waals surface area contributed by atoms with E-state index in [0.29, 0.717) is 35.8 Å². The quantitative estimate of drug-likeness (QED) is 0.785. The van der Waals surface area contributed by atoms with Crippen molar-refractivity contribution in [3.05, 3.63) is 36.0 Å². The number of rotatable bonds is 8. The first-order valence-electron chi connectivity index (χ1n) is 8.15. The van der Waals surface area contributed by atoms with Gasteiger partial charge in [-0.2, -0.15) is 4.98 Å². The Kier molecular flexibility index (Phi) is 4.01. The summed E-state index contributed by atoms with van der Waals surface area (Å²) in [6, 6.07) is 6.34. The minimum Gasteiger partial charge on any atom is -0.485 e. The summed E-state index contributed by atoms with van der Waals surface area (Å²) in [6.45, 7) is 0.712. The van der Waals surface area contributed by atoms with E-state index < -0.39 is 10.0 Å². The lowest BCUT2D eigenvalue weighted by atomic mass is 10.3. The summed E-state index contributed by atoms with van der Waals surface area (Å²) in [4.78, 5) is 4.52. The highest BCUT2D eigenvalue weighted by Gasteiger charge is 2.29. The van der Waals surface area contributed by atoms with Crippen molar-refractivity contribution in [2.24, 2.45) is 5.92 Å². The van der Waals surface area contributed by atoms with Crippen LogP contribution in [0, 0.1) is 5.92 Å². The summed E-state index contributed by atoms with van der Waals surface area (Å²) in [5, 5.41) is 3.88. The molecular weight excluding hydrogens is 330 g/mol. The van der Waals surface area contributed by atoms with Crippen LogP contribution in [0.5, 0.6) is 5.75 Å². The fraction of sp³-hybridized carbons (Fsp3) is 0.500. The van der Waals surface area contributed by atoms with Gasteiger partial charge in [0.05, 0.1) is 4.90 Å². The Hall–Kier alpha value is -1.93. The van der Waals surface area contributed by atoms with E-state index in [1.165, 1.54) is 12.1 Å². The maximum atomic E-state index is 12.1. The van der Waals surface area contributed by atoms with Gasteiger partial charge in [-0.05, 0) is 55.9 Å². The highest BCUT2D eigenvalue weighted by atomic mass is 32.2. The van der Waals surface area contributed by atoms with Crippen molar-refractivity contribution in [1.82, 2.24) is 14.9 Å². The predicted octanol–water partition coefficient (Wildman–Crippen LogP) is 2.21. The number of hydrogen-bond donors (Lipinski definition) is 1. The van der Waals surface area contributed by atoms with E-state index in [-0.39, 0.29) is 11.5 Å². The first kappa shape index (κ1) is 15.6. The Balaban J connectivity index is 1.34. The zero-order valence-electron chi connectivity index (χ0n) is 13.1. The Morgan fingerprint density at radius 2 is 1.92 bits per heavy atom. The zero-order valence-corrected chi connectivity index (χ0v) is 14.0. The van der Waals surface area contributed by atoms with E-state index in [1.807, 2.05) is 0 Å². The molecule has 128 valence electrons. The van der Waals surface area contributed by atoms with Gasteiger partial charge in [-0.1, -0.05) is 5.16 Å². The fourth-order valence-corrected chi connectivity index (χ4v) is 3.43. The highest BCUT2D eigenvalue weighted by molar-refractivity contribution is 7.89. The summed E-state index contributed by atoms with van der Waals surface area (Å²) < 4.78 is 37.7. The molecule has 1 aromatic heterocycles. The molecule has 1 aromatic carbocycles. The van der Waals surface area contributed by atoms with Gasteiger partial charge in [0, 0.05) is 12.5 Å². The van der Waals surface area contributed by atoms with Crippen molar-refractivity contribution in [3.63, 3.8) is 0 Å². The van der Waals surface area contributed by atoms with E-state index in [2.05, 4.69) is 14.9 Å². The molecule has 1 N–H and O–H groups in total. The van der Waals surface area contributed by atoms with Gasteiger partial charge in [0.15, 0.2) is 6.61 Å². The molecule has 2 aromatic rings. The molecule has 0 unspecified atom stereocenters. The smallest absolute Gasteiger partial charge is 0.240 e. The second-order valence-electron chi connectivity index (χ2n) is 6.38. The fourth-order valence-electron chi connectivity index (χ4n) is 2.32. The molecule has 0 saturated heterocycles. The van der Waals surface area contributed by atoms with Gasteiger partial charge in [0.1, 0.15) is 5.75 Å². The number of ether oxygens (including phenoxy) is 1. The Bertz CT molecular complexity index is 808. The maximum Gasteiger partial charge on any atom is 0.240 e. The third-order valence-electron chi connectivity index (χ3n) is 4.17. The highest BCUT2D eigenvalue weighted by Crippen LogP contribution is 2.38. The molecule has 24 heavy (non-hydrogen) atoms. The predicted molar refractivity (Wildman–Crippen MR) is 85.0 cm³/mol. The largest absolute Gasteiger partial charge is 0.485 e. The average molecular weight is 349 g/mol. The molecule has 0 radical (unpaired) electrons. The van der Waals surface area contributed by atoms with Crippen molar-refractivity contribution >= 4 is 10.0 Å². The van der Waals surface area contributed by atoms with Crippen molar-refractivity contribution in [2.45, 2.75) is 43.1 Å². The average Bonchev–Trinajstić information content (AvgIpc) is 3.51. The van der Waals surface area contributed by atoms with E-state index >= 15 is 0 Å². The molecule has 0 aliphatic heterocycles. The van der Waals surface area contributed by atoms with Gasteiger partial charge in [-0.15, -0.1) is 0 Å². The van der Waals surface area contributed by atoms with Gasteiger partial charge in [0.25, 0.3) is 0 Å². The first-order valence-corrected chi connectivity index (χ1v) is 9.63. The van der Waals surface area contributed by atoms with Gasteiger partial charge in [0.2, 0.25) is 21.7 Å². The molecule has 4 rings (SSSR count). The van der Waals surface area contributed by atoms with Crippen LogP contribution in [-0.4, -0.2) is 25.1 Å². The standard InChI is InChI=1S/C16H19N3O4S/c20-24(21,17-9-11-1-2-11)14-7-5-13(6-8-14)22-10-15-18-16(23-19-15)12-3-4-12/h5-8,11-12,17H,1-4,9-10H2. The van der Waals surface area contributed by atoms with Gasteiger partial charge in [-0.25, -0.2) is 13.1 Å². The molecule has 2 fully saturated rings. The third-order valence-corrected chi connectivity index (χ3v) is 5.61. The monoisotopic (exact) mass is 349 g/mol. The van der Waals surface area contributed by atoms with Crippen molar-refractivity contribution in [2.75, 3.05) is 6.54 Å². The normalized spacial score (nSPS) is 17.8. The van der Waals surface area contributed by atoms with E-state index in [1.54, 1.807) is 12.1 Å². The van der Waals surface area contributed by atoms with Crippen LogP contribution in [0.4, 0.5) is 0 Å².